The van der Waals surface area contributed by atoms with Crippen LogP contribution in [0.2, 0.25) is 0 Å². The van der Waals surface area contributed by atoms with E-state index in [1.807, 2.05) is 13.8 Å². The second kappa shape index (κ2) is 7.85. The van der Waals surface area contributed by atoms with Crippen LogP contribution in [-0.4, -0.2) is 36.7 Å². The zero-order valence-electron chi connectivity index (χ0n) is 15.8. The molecule has 1 saturated heterocycles. The van der Waals surface area contributed by atoms with E-state index in [0.29, 0.717) is 23.1 Å². The van der Waals surface area contributed by atoms with Gasteiger partial charge in [0.2, 0.25) is 0 Å². The molecule has 152 valence electrons. The first-order chi connectivity index (χ1) is 13.2. The van der Waals surface area contributed by atoms with E-state index in [4.69, 9.17) is 9.15 Å². The molecule has 2 heterocycles. The zero-order valence-corrected chi connectivity index (χ0v) is 15.8. The van der Waals surface area contributed by atoms with Crippen molar-refractivity contribution in [3.8, 4) is 5.75 Å². The quantitative estimate of drug-likeness (QED) is 0.736. The predicted octanol–water partition coefficient (Wildman–Crippen LogP) is 3.84. The lowest BCUT2D eigenvalue weighted by Crippen LogP contribution is -2.43. The lowest BCUT2D eigenvalue weighted by Gasteiger charge is -2.32. The highest BCUT2D eigenvalue weighted by molar-refractivity contribution is 5.88. The number of piperidine rings is 1. The van der Waals surface area contributed by atoms with Crippen molar-refractivity contribution in [1.29, 1.82) is 0 Å². The van der Waals surface area contributed by atoms with Gasteiger partial charge in [-0.15, -0.1) is 0 Å². The van der Waals surface area contributed by atoms with Crippen LogP contribution in [0.25, 0.3) is 11.0 Å². The Morgan fingerprint density at radius 3 is 2.54 bits per heavy atom. The summed E-state index contributed by atoms with van der Waals surface area (Å²) in [6.07, 6.45) is -3.81. The van der Waals surface area contributed by atoms with Crippen LogP contribution >= 0.6 is 0 Å². The summed E-state index contributed by atoms with van der Waals surface area (Å²) in [6.45, 7) is 3.56. The van der Waals surface area contributed by atoms with Crippen molar-refractivity contribution in [3.05, 3.63) is 39.7 Å². The minimum atomic E-state index is -4.22. The number of amides is 1. The van der Waals surface area contributed by atoms with Crippen molar-refractivity contribution in [2.75, 3.05) is 19.7 Å². The van der Waals surface area contributed by atoms with E-state index >= 15 is 0 Å². The second-order valence-electron chi connectivity index (χ2n) is 7.07. The first-order valence-electron chi connectivity index (χ1n) is 9.23. The number of fused-ring (bicyclic) bond motifs is 1. The minimum Gasteiger partial charge on any atom is -0.483 e. The van der Waals surface area contributed by atoms with E-state index < -0.39 is 17.7 Å². The standard InChI is InChI=1S/C20H22F3NO4/c1-3-13-10-18(26)28-16-9-12(2)8-15(19(13)16)27-11-17(25)24-6-4-14(5-7-24)20(21,22)23/h8-10,14H,3-7,11H2,1-2H3. The molecule has 2 aromatic rings. The van der Waals surface area contributed by atoms with Crippen molar-refractivity contribution in [1.82, 2.24) is 4.90 Å². The van der Waals surface area contributed by atoms with Gasteiger partial charge < -0.3 is 14.1 Å². The van der Waals surface area contributed by atoms with Gasteiger partial charge in [0, 0.05) is 19.2 Å². The van der Waals surface area contributed by atoms with Gasteiger partial charge in [-0.05, 0) is 49.4 Å². The van der Waals surface area contributed by atoms with Gasteiger partial charge in [-0.25, -0.2) is 4.79 Å². The van der Waals surface area contributed by atoms with E-state index in [-0.39, 0.29) is 38.4 Å². The Labute approximate surface area is 160 Å². The molecule has 0 aliphatic carbocycles. The van der Waals surface area contributed by atoms with Gasteiger partial charge in [-0.3, -0.25) is 4.79 Å². The van der Waals surface area contributed by atoms with Gasteiger partial charge in [-0.1, -0.05) is 6.92 Å². The molecule has 0 radical (unpaired) electrons. The molecule has 5 nitrogen and oxygen atoms in total. The van der Waals surface area contributed by atoms with Crippen LogP contribution < -0.4 is 10.4 Å². The predicted molar refractivity (Wildman–Crippen MR) is 97.5 cm³/mol. The number of ether oxygens (including phenoxy) is 1. The molecule has 0 saturated carbocycles. The molecule has 8 heteroatoms. The largest absolute Gasteiger partial charge is 0.483 e. The summed E-state index contributed by atoms with van der Waals surface area (Å²) >= 11 is 0. The third-order valence-corrected chi connectivity index (χ3v) is 5.08. The van der Waals surface area contributed by atoms with Crippen LogP contribution in [-0.2, 0) is 11.2 Å². The number of carbonyl (C=O) groups is 1. The lowest BCUT2D eigenvalue weighted by atomic mass is 9.96. The molecule has 3 rings (SSSR count). The van der Waals surface area contributed by atoms with E-state index in [9.17, 15) is 22.8 Å². The molecule has 1 fully saturated rings. The molecular formula is C20H22F3NO4. The highest BCUT2D eigenvalue weighted by Gasteiger charge is 2.41. The zero-order chi connectivity index (χ0) is 20.5. The number of benzene rings is 1. The summed E-state index contributed by atoms with van der Waals surface area (Å²) in [6, 6.07) is 4.88. The maximum atomic E-state index is 12.8. The molecule has 1 aliphatic rings. The van der Waals surface area contributed by atoms with Crippen LogP contribution in [0.4, 0.5) is 13.2 Å². The van der Waals surface area contributed by atoms with Gasteiger partial charge in [0.05, 0.1) is 11.3 Å². The van der Waals surface area contributed by atoms with Gasteiger partial charge in [0.15, 0.2) is 6.61 Å². The number of alkyl halides is 3. The highest BCUT2D eigenvalue weighted by atomic mass is 19.4. The number of aryl methyl sites for hydroxylation is 2. The van der Waals surface area contributed by atoms with Gasteiger partial charge in [0.25, 0.3) is 5.91 Å². The fourth-order valence-electron chi connectivity index (χ4n) is 3.55. The van der Waals surface area contributed by atoms with Crippen molar-refractivity contribution in [3.63, 3.8) is 0 Å². The molecule has 0 spiro atoms. The molecule has 28 heavy (non-hydrogen) atoms. The molecule has 0 unspecified atom stereocenters. The normalized spacial score (nSPS) is 15.8. The molecule has 0 N–H and O–H groups in total. The number of hydrogen-bond donors (Lipinski definition) is 0. The van der Waals surface area contributed by atoms with Gasteiger partial charge in [-0.2, -0.15) is 13.2 Å². The third kappa shape index (κ3) is 4.31. The summed E-state index contributed by atoms with van der Waals surface area (Å²) in [4.78, 5) is 25.5. The van der Waals surface area contributed by atoms with Crippen LogP contribution in [0.5, 0.6) is 5.75 Å². The molecular weight excluding hydrogens is 375 g/mol. The Hall–Kier alpha value is -2.51. The summed E-state index contributed by atoms with van der Waals surface area (Å²) in [5, 5.41) is 0.635. The summed E-state index contributed by atoms with van der Waals surface area (Å²) in [5.41, 5.74) is 1.49. The number of nitrogens with zero attached hydrogens (tertiary/aromatic N) is 1. The van der Waals surface area contributed by atoms with E-state index in [1.165, 1.54) is 11.0 Å². The fraction of sp³-hybridized carbons (Fsp3) is 0.500. The van der Waals surface area contributed by atoms with Crippen LogP contribution in [0.3, 0.4) is 0 Å². The van der Waals surface area contributed by atoms with E-state index in [0.717, 1.165) is 11.1 Å². The number of hydrogen-bond acceptors (Lipinski definition) is 4. The van der Waals surface area contributed by atoms with Crippen molar-refractivity contribution in [2.24, 2.45) is 5.92 Å². The second-order valence-corrected chi connectivity index (χ2v) is 7.07. The average Bonchev–Trinajstić information content (AvgIpc) is 2.64. The van der Waals surface area contributed by atoms with E-state index in [1.54, 1.807) is 12.1 Å². The topological polar surface area (TPSA) is 59.8 Å². The molecule has 0 bridgehead atoms. The van der Waals surface area contributed by atoms with Crippen molar-refractivity contribution < 1.29 is 27.1 Å². The Kier molecular flexibility index (Phi) is 5.67. The van der Waals surface area contributed by atoms with Crippen molar-refractivity contribution >= 4 is 16.9 Å². The van der Waals surface area contributed by atoms with Gasteiger partial charge >= 0.3 is 11.8 Å². The summed E-state index contributed by atoms with van der Waals surface area (Å²) in [7, 11) is 0. The van der Waals surface area contributed by atoms with Crippen LogP contribution in [0.15, 0.2) is 27.4 Å². The maximum absolute atomic E-state index is 12.8. The van der Waals surface area contributed by atoms with Crippen LogP contribution in [0.1, 0.15) is 30.9 Å². The van der Waals surface area contributed by atoms with Crippen LogP contribution in [0, 0.1) is 12.8 Å². The molecule has 1 amide bonds. The smallest absolute Gasteiger partial charge is 0.391 e. The molecule has 1 aliphatic heterocycles. The first kappa shape index (κ1) is 20.2. The highest BCUT2D eigenvalue weighted by Crippen LogP contribution is 2.34. The SMILES string of the molecule is CCc1cc(=O)oc2cc(C)cc(OCC(=O)N3CCC(C(F)(F)F)CC3)c12. The Morgan fingerprint density at radius 1 is 1.25 bits per heavy atom. The maximum Gasteiger partial charge on any atom is 0.391 e. The minimum absolute atomic E-state index is 0.0655. The number of halogens is 3. The number of carbonyl (C=O) groups excluding carboxylic acids is 1. The van der Waals surface area contributed by atoms with Crippen molar-refractivity contribution in [2.45, 2.75) is 39.3 Å². The molecule has 1 aromatic heterocycles. The van der Waals surface area contributed by atoms with Gasteiger partial charge in [0.1, 0.15) is 11.3 Å². The van der Waals surface area contributed by atoms with E-state index in [2.05, 4.69) is 0 Å². The Bertz CT molecular complexity index is 927. The number of likely N-dealkylation sites (tertiary alicyclic amines) is 1. The Balaban J connectivity index is 1.74. The molecule has 0 atom stereocenters. The lowest BCUT2D eigenvalue weighted by molar-refractivity contribution is -0.186. The first-order valence-corrected chi connectivity index (χ1v) is 9.23. The number of rotatable bonds is 4. The Morgan fingerprint density at radius 2 is 1.93 bits per heavy atom. The third-order valence-electron chi connectivity index (χ3n) is 5.08. The molecule has 1 aromatic carbocycles. The summed E-state index contributed by atoms with van der Waals surface area (Å²) < 4.78 is 49.3. The average molecular weight is 397 g/mol. The monoisotopic (exact) mass is 397 g/mol. The fourth-order valence-corrected chi connectivity index (χ4v) is 3.55. The summed E-state index contributed by atoms with van der Waals surface area (Å²) in [5.74, 6) is -1.28.